The topological polar surface area (TPSA) is 74.8 Å². The number of nitrogens with zero attached hydrogens (tertiary/aromatic N) is 2. The molecule has 0 saturated heterocycles. The molecule has 6 rings (SSSR count). The van der Waals surface area contributed by atoms with E-state index in [0.717, 1.165) is 37.3 Å². The smallest absolute Gasteiger partial charge is 0.258 e. The van der Waals surface area contributed by atoms with E-state index in [0.29, 0.717) is 11.4 Å². The number of hydrogen-bond donors (Lipinski definition) is 0. The number of amides is 4. The molecule has 0 atom stereocenters. The van der Waals surface area contributed by atoms with Gasteiger partial charge < -0.3 is 0 Å². The molecule has 2 aliphatic rings. The normalized spacial score (nSPS) is 15.2. The maximum Gasteiger partial charge on any atom is 0.258 e. The minimum Gasteiger partial charge on any atom is -0.269 e. The molecular formula is C31H20N2O4. The average molecular weight is 485 g/mol. The highest BCUT2D eigenvalue weighted by Crippen LogP contribution is 2.36. The molecule has 0 unspecified atom stereocenters. The first-order valence-corrected chi connectivity index (χ1v) is 11.8. The zero-order valence-electron chi connectivity index (χ0n) is 19.6. The predicted molar refractivity (Wildman–Crippen MR) is 141 cm³/mol. The van der Waals surface area contributed by atoms with E-state index in [4.69, 9.17) is 0 Å². The Hall–Kier alpha value is -5.10. The highest BCUT2D eigenvalue weighted by molar-refractivity contribution is 6.28. The third-order valence-corrected chi connectivity index (χ3v) is 6.69. The van der Waals surface area contributed by atoms with Gasteiger partial charge in [-0.05, 0) is 51.7 Å². The van der Waals surface area contributed by atoms with Gasteiger partial charge in [0, 0.05) is 30.2 Å². The van der Waals surface area contributed by atoms with Crippen LogP contribution in [-0.4, -0.2) is 23.6 Å². The highest BCUT2D eigenvalue weighted by atomic mass is 16.2. The van der Waals surface area contributed by atoms with Gasteiger partial charge in [0.05, 0.1) is 11.4 Å². The third-order valence-electron chi connectivity index (χ3n) is 6.69. The van der Waals surface area contributed by atoms with Crippen molar-refractivity contribution in [1.82, 2.24) is 0 Å². The van der Waals surface area contributed by atoms with E-state index in [1.54, 1.807) is 24.3 Å². The first-order chi connectivity index (χ1) is 18.0. The summed E-state index contributed by atoms with van der Waals surface area (Å²) in [6.45, 7) is 0. The van der Waals surface area contributed by atoms with Gasteiger partial charge in [-0.25, -0.2) is 9.80 Å². The van der Waals surface area contributed by atoms with Crippen LogP contribution in [0.3, 0.4) is 0 Å². The lowest BCUT2D eigenvalue weighted by molar-refractivity contribution is -0.121. The number of imide groups is 2. The highest BCUT2D eigenvalue weighted by Gasteiger charge is 2.27. The number of anilines is 2. The summed E-state index contributed by atoms with van der Waals surface area (Å²) in [5.41, 5.74) is 4.01. The van der Waals surface area contributed by atoms with Gasteiger partial charge >= 0.3 is 0 Å². The Bertz CT molecular complexity index is 1530. The van der Waals surface area contributed by atoms with Crippen LogP contribution in [0, 0.1) is 0 Å². The van der Waals surface area contributed by atoms with Crippen LogP contribution in [-0.2, 0) is 19.2 Å². The summed E-state index contributed by atoms with van der Waals surface area (Å²) in [5.74, 6) is -1.61. The summed E-state index contributed by atoms with van der Waals surface area (Å²) < 4.78 is 0. The lowest BCUT2D eigenvalue weighted by Gasteiger charge is -2.22. The summed E-state index contributed by atoms with van der Waals surface area (Å²) in [4.78, 5) is 50.8. The maximum atomic E-state index is 12.1. The van der Waals surface area contributed by atoms with Crippen LogP contribution in [0.4, 0.5) is 11.4 Å². The minimum absolute atomic E-state index is 0.168. The van der Waals surface area contributed by atoms with Crippen molar-refractivity contribution in [1.29, 1.82) is 0 Å². The molecule has 0 fully saturated rings. The zero-order valence-corrected chi connectivity index (χ0v) is 19.6. The van der Waals surface area contributed by atoms with Gasteiger partial charge in [-0.15, -0.1) is 0 Å². The molecule has 6 nitrogen and oxygen atoms in total. The molecule has 2 heterocycles. The van der Waals surface area contributed by atoms with Crippen LogP contribution < -0.4 is 9.80 Å². The van der Waals surface area contributed by atoms with E-state index in [1.165, 1.54) is 24.3 Å². The number of rotatable bonds is 5. The Morgan fingerprint density at radius 2 is 0.838 bits per heavy atom. The lowest BCUT2D eigenvalue weighted by Crippen LogP contribution is -2.29. The number of fused-ring (bicyclic) bond motifs is 1. The SMILES string of the molecule is O=C1C=CC(=O)N1c1ccc(C(c2ccc(N3C(=O)C=CC3=O)cc2)c2ccc3ccccc3c2)cc1. The molecular weight excluding hydrogens is 464 g/mol. The molecule has 37 heavy (non-hydrogen) atoms. The standard InChI is InChI=1S/C31H20N2O4/c34-27-15-16-28(35)32(27)25-11-7-21(8-12-25)31(24-6-5-20-3-1-2-4-23(20)19-24)22-9-13-26(14-10-22)33-29(36)17-18-30(33)37/h1-19,31H. The molecule has 4 amide bonds. The van der Waals surface area contributed by atoms with E-state index in [1.807, 2.05) is 36.4 Å². The minimum atomic E-state index is -0.361. The summed E-state index contributed by atoms with van der Waals surface area (Å²) in [6.07, 6.45) is 5.06. The average Bonchev–Trinajstić information content (AvgIpc) is 3.44. The number of hydrogen-bond acceptors (Lipinski definition) is 4. The molecule has 4 aromatic carbocycles. The Kier molecular flexibility index (Phi) is 5.34. The molecule has 0 radical (unpaired) electrons. The lowest BCUT2D eigenvalue weighted by atomic mass is 9.84. The van der Waals surface area contributed by atoms with E-state index < -0.39 is 0 Å². The van der Waals surface area contributed by atoms with Crippen molar-refractivity contribution in [3.05, 3.63) is 132 Å². The summed E-state index contributed by atoms with van der Waals surface area (Å²) in [5, 5.41) is 2.24. The fourth-order valence-electron chi connectivity index (χ4n) is 4.91. The van der Waals surface area contributed by atoms with E-state index in [-0.39, 0.29) is 29.5 Å². The van der Waals surface area contributed by atoms with E-state index in [9.17, 15) is 19.2 Å². The van der Waals surface area contributed by atoms with Gasteiger partial charge in [-0.1, -0.05) is 66.7 Å². The second-order valence-electron chi connectivity index (χ2n) is 8.91. The van der Waals surface area contributed by atoms with Crippen molar-refractivity contribution in [2.24, 2.45) is 0 Å². The van der Waals surface area contributed by atoms with Crippen molar-refractivity contribution in [2.75, 3.05) is 9.80 Å². The van der Waals surface area contributed by atoms with Crippen LogP contribution in [0.1, 0.15) is 22.6 Å². The van der Waals surface area contributed by atoms with Gasteiger partial charge in [-0.2, -0.15) is 0 Å². The number of carbonyl (C=O) groups is 4. The fourth-order valence-corrected chi connectivity index (χ4v) is 4.91. The molecule has 0 spiro atoms. The van der Waals surface area contributed by atoms with Crippen molar-refractivity contribution in [3.63, 3.8) is 0 Å². The van der Waals surface area contributed by atoms with E-state index in [2.05, 4.69) is 30.3 Å². The zero-order chi connectivity index (χ0) is 25.5. The van der Waals surface area contributed by atoms with Crippen molar-refractivity contribution < 1.29 is 19.2 Å². The molecule has 0 aromatic heterocycles. The Morgan fingerprint density at radius 1 is 0.432 bits per heavy atom. The molecule has 0 saturated carbocycles. The molecule has 178 valence electrons. The second-order valence-corrected chi connectivity index (χ2v) is 8.91. The molecule has 6 heteroatoms. The first kappa shape index (κ1) is 22.4. The Morgan fingerprint density at radius 3 is 1.30 bits per heavy atom. The largest absolute Gasteiger partial charge is 0.269 e. The first-order valence-electron chi connectivity index (χ1n) is 11.8. The molecule has 2 aliphatic heterocycles. The Labute approximate surface area is 212 Å². The number of benzene rings is 4. The maximum absolute atomic E-state index is 12.1. The van der Waals surface area contributed by atoms with E-state index >= 15 is 0 Å². The summed E-state index contributed by atoms with van der Waals surface area (Å²) >= 11 is 0. The van der Waals surface area contributed by atoms with Crippen molar-refractivity contribution in [2.45, 2.75) is 5.92 Å². The van der Waals surface area contributed by atoms with Gasteiger partial charge in [0.25, 0.3) is 23.6 Å². The quantitative estimate of drug-likeness (QED) is 0.299. The third kappa shape index (κ3) is 3.94. The molecule has 4 aromatic rings. The number of carbonyl (C=O) groups excluding carboxylic acids is 4. The van der Waals surface area contributed by atoms with Crippen LogP contribution in [0.5, 0.6) is 0 Å². The fraction of sp³-hybridized carbons (Fsp3) is 0.0323. The predicted octanol–water partition coefficient (Wildman–Crippen LogP) is 4.88. The van der Waals surface area contributed by atoms with Crippen molar-refractivity contribution in [3.8, 4) is 0 Å². The summed E-state index contributed by atoms with van der Waals surface area (Å²) in [7, 11) is 0. The van der Waals surface area contributed by atoms with Gasteiger partial charge in [0.1, 0.15) is 0 Å². The second kappa shape index (κ2) is 8.84. The van der Waals surface area contributed by atoms with Crippen LogP contribution in [0.15, 0.2) is 115 Å². The van der Waals surface area contributed by atoms with Crippen LogP contribution >= 0.6 is 0 Å². The van der Waals surface area contributed by atoms with Crippen LogP contribution in [0.25, 0.3) is 10.8 Å². The van der Waals surface area contributed by atoms with Gasteiger partial charge in [0.2, 0.25) is 0 Å². The summed E-state index contributed by atoms with van der Waals surface area (Å²) in [6, 6.07) is 29.2. The van der Waals surface area contributed by atoms with Gasteiger partial charge in [-0.3, -0.25) is 19.2 Å². The van der Waals surface area contributed by atoms with Crippen LogP contribution in [0.2, 0.25) is 0 Å². The molecule has 0 bridgehead atoms. The molecule has 0 aliphatic carbocycles. The van der Waals surface area contributed by atoms with Crippen molar-refractivity contribution >= 4 is 45.8 Å². The van der Waals surface area contributed by atoms with Gasteiger partial charge in [0.15, 0.2) is 0 Å². The Balaban J connectivity index is 1.41. The molecule has 0 N–H and O–H groups in total. The monoisotopic (exact) mass is 484 g/mol.